The molecule has 0 aromatic heterocycles. The normalized spacial score (nSPS) is 15.2. The van der Waals surface area contributed by atoms with Crippen LogP contribution in [0.2, 0.25) is 0 Å². The lowest BCUT2D eigenvalue weighted by atomic mass is 9.89. The third-order valence-corrected chi connectivity index (χ3v) is 3.55. The summed E-state index contributed by atoms with van der Waals surface area (Å²) >= 11 is 0. The molecule has 0 aliphatic rings. The van der Waals surface area contributed by atoms with Crippen LogP contribution in [-0.4, -0.2) is 54.9 Å². The van der Waals surface area contributed by atoms with Crippen molar-refractivity contribution >= 4 is 6.03 Å². The van der Waals surface area contributed by atoms with Gasteiger partial charge in [-0.1, -0.05) is 27.7 Å². The van der Waals surface area contributed by atoms with Gasteiger partial charge < -0.3 is 20.6 Å². The first-order chi connectivity index (χ1) is 8.68. The van der Waals surface area contributed by atoms with Gasteiger partial charge >= 0.3 is 6.03 Å². The van der Waals surface area contributed by atoms with Gasteiger partial charge in [-0.05, 0) is 25.8 Å². The largest absolute Gasteiger partial charge is 0.391 e. The van der Waals surface area contributed by atoms with E-state index in [4.69, 9.17) is 0 Å². The van der Waals surface area contributed by atoms with Crippen LogP contribution in [0, 0.1) is 5.41 Å². The van der Waals surface area contributed by atoms with E-state index in [1.54, 1.807) is 0 Å². The van der Waals surface area contributed by atoms with Crippen molar-refractivity contribution in [3.63, 3.8) is 0 Å². The first kappa shape index (κ1) is 18.2. The van der Waals surface area contributed by atoms with Gasteiger partial charge in [0.1, 0.15) is 0 Å². The number of amides is 2. The molecule has 0 fully saturated rings. The van der Waals surface area contributed by atoms with Gasteiger partial charge in [-0.25, -0.2) is 4.79 Å². The molecule has 5 heteroatoms. The number of carbonyl (C=O) groups excluding carboxylic acids is 1. The smallest absolute Gasteiger partial charge is 0.314 e. The van der Waals surface area contributed by atoms with Crippen LogP contribution in [0.25, 0.3) is 0 Å². The Hall–Kier alpha value is -0.810. The maximum Gasteiger partial charge on any atom is 0.314 e. The van der Waals surface area contributed by atoms with E-state index >= 15 is 0 Å². The Morgan fingerprint density at radius 1 is 1.32 bits per heavy atom. The van der Waals surface area contributed by atoms with Gasteiger partial charge in [0.2, 0.25) is 0 Å². The average Bonchev–Trinajstić information content (AvgIpc) is 2.33. The Morgan fingerprint density at radius 3 is 2.37 bits per heavy atom. The van der Waals surface area contributed by atoms with Gasteiger partial charge in [0.25, 0.3) is 0 Å². The highest BCUT2D eigenvalue weighted by Gasteiger charge is 2.22. The fourth-order valence-electron chi connectivity index (χ4n) is 1.44. The monoisotopic (exact) mass is 273 g/mol. The number of aliphatic hydroxyl groups excluding tert-OH is 1. The summed E-state index contributed by atoms with van der Waals surface area (Å²) in [5, 5.41) is 15.3. The lowest BCUT2D eigenvalue weighted by Crippen LogP contribution is -2.45. The number of carbonyl (C=O) groups is 1. The molecular weight excluding hydrogens is 242 g/mol. The van der Waals surface area contributed by atoms with Crippen LogP contribution in [0.4, 0.5) is 4.79 Å². The zero-order valence-corrected chi connectivity index (χ0v) is 13.3. The molecular formula is C14H31N3O2. The third kappa shape index (κ3) is 8.06. The summed E-state index contributed by atoms with van der Waals surface area (Å²) < 4.78 is 0. The zero-order valence-electron chi connectivity index (χ0n) is 13.3. The number of hydrogen-bond acceptors (Lipinski definition) is 3. The highest BCUT2D eigenvalue weighted by Crippen LogP contribution is 2.17. The van der Waals surface area contributed by atoms with Crippen LogP contribution in [0.3, 0.4) is 0 Å². The summed E-state index contributed by atoms with van der Waals surface area (Å²) in [6.07, 6.45) is 0.557. The summed E-state index contributed by atoms with van der Waals surface area (Å²) in [4.78, 5) is 13.8. The predicted molar refractivity (Wildman–Crippen MR) is 79.2 cm³/mol. The molecule has 0 aromatic rings. The van der Waals surface area contributed by atoms with Crippen molar-refractivity contribution in [3.05, 3.63) is 0 Å². The minimum atomic E-state index is -0.541. The number of rotatable bonds is 7. The Morgan fingerprint density at radius 2 is 1.89 bits per heavy atom. The molecule has 0 aliphatic heterocycles. The lowest BCUT2D eigenvalue weighted by Gasteiger charge is -2.26. The van der Waals surface area contributed by atoms with Gasteiger partial charge in [-0.3, -0.25) is 0 Å². The van der Waals surface area contributed by atoms with Crippen LogP contribution < -0.4 is 10.6 Å². The Bertz CT molecular complexity index is 264. The summed E-state index contributed by atoms with van der Waals surface area (Å²) in [5.41, 5.74) is -0.218. The Kier molecular flexibility index (Phi) is 8.02. The number of nitrogens with zero attached hydrogens (tertiary/aromatic N) is 1. The first-order valence-electron chi connectivity index (χ1n) is 7.08. The van der Waals surface area contributed by atoms with E-state index in [2.05, 4.69) is 36.4 Å². The molecule has 2 unspecified atom stereocenters. The molecule has 0 spiro atoms. The first-order valence-corrected chi connectivity index (χ1v) is 7.08. The average molecular weight is 273 g/mol. The number of nitrogens with one attached hydrogen (secondary N) is 2. The molecule has 0 bridgehead atoms. The number of hydrogen-bond donors (Lipinski definition) is 3. The van der Waals surface area contributed by atoms with E-state index in [1.807, 2.05) is 20.8 Å². The second-order valence-corrected chi connectivity index (χ2v) is 6.26. The van der Waals surface area contributed by atoms with Crippen molar-refractivity contribution in [1.82, 2.24) is 15.5 Å². The van der Waals surface area contributed by atoms with Gasteiger partial charge in [-0.2, -0.15) is 0 Å². The van der Waals surface area contributed by atoms with E-state index in [-0.39, 0.29) is 18.0 Å². The van der Waals surface area contributed by atoms with Gasteiger partial charge in [0.05, 0.1) is 6.10 Å². The van der Waals surface area contributed by atoms with Crippen LogP contribution in [0.5, 0.6) is 0 Å². The Labute approximate surface area is 117 Å². The maximum atomic E-state index is 11.5. The SMILES string of the molecule is CCC(C)N(C)CCNC(=O)NCC(O)C(C)(C)C. The standard InChI is InChI=1S/C14H31N3O2/c1-7-11(2)17(6)9-8-15-13(19)16-10-12(18)14(3,4)5/h11-12,18H,7-10H2,1-6H3,(H2,15,16,19). The quantitative estimate of drug-likeness (QED) is 0.657. The van der Waals surface area contributed by atoms with Crippen molar-refractivity contribution in [2.75, 3.05) is 26.7 Å². The van der Waals surface area contributed by atoms with Gasteiger partial charge in [0.15, 0.2) is 0 Å². The molecule has 0 saturated heterocycles. The molecule has 2 amide bonds. The Balaban J connectivity index is 3.77. The third-order valence-electron chi connectivity index (χ3n) is 3.55. The van der Waals surface area contributed by atoms with E-state index < -0.39 is 6.10 Å². The zero-order chi connectivity index (χ0) is 15.1. The molecule has 0 heterocycles. The van der Waals surface area contributed by atoms with Crippen molar-refractivity contribution in [3.8, 4) is 0 Å². The van der Waals surface area contributed by atoms with Crippen molar-refractivity contribution in [2.24, 2.45) is 5.41 Å². The minimum absolute atomic E-state index is 0.218. The van der Waals surface area contributed by atoms with E-state index in [0.29, 0.717) is 12.6 Å². The van der Waals surface area contributed by atoms with E-state index in [0.717, 1.165) is 13.0 Å². The highest BCUT2D eigenvalue weighted by molar-refractivity contribution is 5.73. The van der Waals surface area contributed by atoms with Crippen LogP contribution in [0.15, 0.2) is 0 Å². The molecule has 0 aliphatic carbocycles. The maximum absolute atomic E-state index is 11.5. The van der Waals surface area contributed by atoms with Crippen LogP contribution in [0.1, 0.15) is 41.0 Å². The van der Waals surface area contributed by atoms with Crippen LogP contribution in [-0.2, 0) is 0 Å². The van der Waals surface area contributed by atoms with Crippen molar-refractivity contribution < 1.29 is 9.90 Å². The molecule has 0 rings (SSSR count). The van der Waals surface area contributed by atoms with Gasteiger partial charge in [-0.15, -0.1) is 0 Å². The summed E-state index contributed by atoms with van der Waals surface area (Å²) in [7, 11) is 2.05. The molecule has 0 saturated carbocycles. The predicted octanol–water partition coefficient (Wildman–Crippen LogP) is 1.42. The molecule has 19 heavy (non-hydrogen) atoms. The number of aliphatic hydroxyl groups is 1. The summed E-state index contributed by atoms with van der Waals surface area (Å²) in [5.74, 6) is 0. The van der Waals surface area contributed by atoms with Crippen molar-refractivity contribution in [2.45, 2.75) is 53.2 Å². The molecule has 5 nitrogen and oxygen atoms in total. The molecule has 0 aromatic carbocycles. The fourth-order valence-corrected chi connectivity index (χ4v) is 1.44. The van der Waals surface area contributed by atoms with Gasteiger partial charge in [0, 0.05) is 25.7 Å². The topological polar surface area (TPSA) is 64.6 Å². The summed E-state index contributed by atoms with van der Waals surface area (Å²) in [6, 6.07) is 0.299. The molecule has 114 valence electrons. The molecule has 0 radical (unpaired) electrons. The second kappa shape index (κ2) is 8.38. The highest BCUT2D eigenvalue weighted by atomic mass is 16.3. The van der Waals surface area contributed by atoms with Crippen LogP contribution >= 0.6 is 0 Å². The lowest BCUT2D eigenvalue weighted by molar-refractivity contribution is 0.0649. The summed E-state index contributed by atoms with van der Waals surface area (Å²) in [6.45, 7) is 11.9. The van der Waals surface area contributed by atoms with E-state index in [9.17, 15) is 9.90 Å². The molecule has 2 atom stereocenters. The van der Waals surface area contributed by atoms with Crippen molar-refractivity contribution in [1.29, 1.82) is 0 Å². The van der Waals surface area contributed by atoms with E-state index in [1.165, 1.54) is 0 Å². The number of likely N-dealkylation sites (N-methyl/N-ethyl adjacent to an activating group) is 1. The number of urea groups is 1. The minimum Gasteiger partial charge on any atom is -0.391 e. The second-order valence-electron chi connectivity index (χ2n) is 6.26. The molecule has 3 N–H and O–H groups in total. The fraction of sp³-hybridized carbons (Fsp3) is 0.929.